The van der Waals surface area contributed by atoms with E-state index in [1.54, 1.807) is 7.11 Å². The van der Waals surface area contributed by atoms with Crippen molar-refractivity contribution in [3.8, 4) is 0 Å². The quantitative estimate of drug-likeness (QED) is 0.698. The lowest BCUT2D eigenvalue weighted by atomic mass is 10.2. The molecule has 0 spiro atoms. The smallest absolute Gasteiger partial charge is 0.243 e. The second kappa shape index (κ2) is 7.37. The van der Waals surface area contributed by atoms with E-state index in [-0.39, 0.29) is 12.1 Å². The zero-order valence-electron chi connectivity index (χ0n) is 10.7. The van der Waals surface area contributed by atoms with Crippen molar-refractivity contribution < 1.29 is 14.0 Å². The molecule has 1 aromatic heterocycles. The zero-order chi connectivity index (χ0) is 12.7. The fourth-order valence-corrected chi connectivity index (χ4v) is 1.46. The van der Waals surface area contributed by atoms with E-state index in [4.69, 9.17) is 19.7 Å². The molecule has 1 heterocycles. The predicted molar refractivity (Wildman–Crippen MR) is 62.4 cm³/mol. The molecule has 6 heteroatoms. The standard InChI is InChI=1S/C11H21N3O3/c1-4-16-8(2)10-13-11(17-14-10)9(12)6-5-7-15-3/h8-9H,4-7,12H2,1-3H3. The van der Waals surface area contributed by atoms with Crippen LogP contribution in [0.5, 0.6) is 0 Å². The Balaban J connectivity index is 2.48. The number of aromatic nitrogens is 2. The molecule has 0 saturated carbocycles. The van der Waals surface area contributed by atoms with Gasteiger partial charge in [-0.3, -0.25) is 0 Å². The number of nitrogens with two attached hydrogens (primary N) is 1. The van der Waals surface area contributed by atoms with Crippen LogP contribution in [0, 0.1) is 0 Å². The van der Waals surface area contributed by atoms with Crippen LogP contribution in [0.15, 0.2) is 4.52 Å². The minimum absolute atomic E-state index is 0.163. The van der Waals surface area contributed by atoms with Crippen molar-refractivity contribution in [2.45, 2.75) is 38.8 Å². The third-order valence-corrected chi connectivity index (χ3v) is 2.42. The van der Waals surface area contributed by atoms with Gasteiger partial charge in [0.15, 0.2) is 5.82 Å². The van der Waals surface area contributed by atoms with Crippen molar-refractivity contribution >= 4 is 0 Å². The fourth-order valence-electron chi connectivity index (χ4n) is 1.46. The van der Waals surface area contributed by atoms with Crippen LogP contribution in [0.25, 0.3) is 0 Å². The first-order chi connectivity index (χ1) is 8.19. The first kappa shape index (κ1) is 14.1. The minimum atomic E-state index is -0.236. The summed E-state index contributed by atoms with van der Waals surface area (Å²) in [5.74, 6) is 1.01. The molecular formula is C11H21N3O3. The molecule has 2 N–H and O–H groups in total. The van der Waals surface area contributed by atoms with Gasteiger partial charge in [-0.15, -0.1) is 0 Å². The van der Waals surface area contributed by atoms with Crippen LogP contribution in [-0.4, -0.2) is 30.5 Å². The molecule has 0 bridgehead atoms. The summed E-state index contributed by atoms with van der Waals surface area (Å²) < 4.78 is 15.5. The van der Waals surface area contributed by atoms with E-state index in [1.807, 2.05) is 13.8 Å². The number of methoxy groups -OCH3 is 1. The van der Waals surface area contributed by atoms with Crippen LogP contribution >= 0.6 is 0 Å². The first-order valence-corrected chi connectivity index (χ1v) is 5.88. The third kappa shape index (κ3) is 4.41. The van der Waals surface area contributed by atoms with Crippen LogP contribution in [-0.2, 0) is 9.47 Å². The van der Waals surface area contributed by atoms with E-state index in [0.29, 0.717) is 24.9 Å². The van der Waals surface area contributed by atoms with Crippen LogP contribution in [0.3, 0.4) is 0 Å². The van der Waals surface area contributed by atoms with Crippen molar-refractivity contribution in [1.29, 1.82) is 0 Å². The Kier molecular flexibility index (Phi) is 6.10. The van der Waals surface area contributed by atoms with Crippen LogP contribution in [0.2, 0.25) is 0 Å². The Bertz CT molecular complexity index is 317. The Morgan fingerprint density at radius 3 is 2.88 bits per heavy atom. The maximum absolute atomic E-state index is 5.93. The van der Waals surface area contributed by atoms with Gasteiger partial charge in [0.2, 0.25) is 5.89 Å². The first-order valence-electron chi connectivity index (χ1n) is 5.88. The molecule has 0 amide bonds. The molecule has 17 heavy (non-hydrogen) atoms. The van der Waals surface area contributed by atoms with Gasteiger partial charge in [-0.05, 0) is 26.7 Å². The number of rotatable bonds is 8. The van der Waals surface area contributed by atoms with E-state index < -0.39 is 0 Å². The largest absolute Gasteiger partial charge is 0.385 e. The van der Waals surface area contributed by atoms with E-state index >= 15 is 0 Å². The predicted octanol–water partition coefficient (Wildman–Crippen LogP) is 1.59. The van der Waals surface area contributed by atoms with Gasteiger partial charge in [-0.25, -0.2) is 0 Å². The molecule has 0 aliphatic carbocycles. The number of hydrogen-bond acceptors (Lipinski definition) is 6. The number of hydrogen-bond donors (Lipinski definition) is 1. The summed E-state index contributed by atoms with van der Waals surface area (Å²) in [5.41, 5.74) is 5.93. The van der Waals surface area contributed by atoms with Gasteiger partial charge < -0.3 is 19.7 Å². The second-order valence-electron chi connectivity index (χ2n) is 3.83. The van der Waals surface area contributed by atoms with Gasteiger partial charge >= 0.3 is 0 Å². The third-order valence-electron chi connectivity index (χ3n) is 2.42. The summed E-state index contributed by atoms with van der Waals surface area (Å²) in [6.45, 7) is 5.11. The lowest BCUT2D eigenvalue weighted by Gasteiger charge is -2.06. The maximum atomic E-state index is 5.93. The average molecular weight is 243 g/mol. The highest BCUT2D eigenvalue weighted by Crippen LogP contribution is 2.18. The van der Waals surface area contributed by atoms with E-state index in [9.17, 15) is 0 Å². The zero-order valence-corrected chi connectivity index (χ0v) is 10.7. The molecule has 0 aromatic carbocycles. The maximum Gasteiger partial charge on any atom is 0.243 e. The Hall–Kier alpha value is -0.980. The Morgan fingerprint density at radius 1 is 1.47 bits per heavy atom. The van der Waals surface area contributed by atoms with E-state index in [2.05, 4.69) is 10.1 Å². The molecule has 0 radical (unpaired) electrons. The van der Waals surface area contributed by atoms with E-state index in [1.165, 1.54) is 0 Å². The van der Waals surface area contributed by atoms with E-state index in [0.717, 1.165) is 12.8 Å². The molecule has 98 valence electrons. The highest BCUT2D eigenvalue weighted by molar-refractivity contribution is 4.94. The van der Waals surface area contributed by atoms with Gasteiger partial charge in [0.1, 0.15) is 6.10 Å². The number of ether oxygens (including phenoxy) is 2. The van der Waals surface area contributed by atoms with Gasteiger partial charge in [-0.2, -0.15) is 4.98 Å². The lowest BCUT2D eigenvalue weighted by molar-refractivity contribution is 0.0683. The molecule has 2 atom stereocenters. The minimum Gasteiger partial charge on any atom is -0.385 e. The Labute approximate surface area is 101 Å². The average Bonchev–Trinajstić information content (AvgIpc) is 2.79. The molecule has 0 fully saturated rings. The summed E-state index contributed by atoms with van der Waals surface area (Å²) in [7, 11) is 1.67. The van der Waals surface area contributed by atoms with Crippen molar-refractivity contribution in [3.63, 3.8) is 0 Å². The molecular weight excluding hydrogens is 222 g/mol. The van der Waals surface area contributed by atoms with Crippen molar-refractivity contribution in [2.24, 2.45) is 5.73 Å². The fraction of sp³-hybridized carbons (Fsp3) is 0.818. The lowest BCUT2D eigenvalue weighted by Crippen LogP contribution is -2.12. The van der Waals surface area contributed by atoms with Crippen LogP contribution in [0.1, 0.15) is 50.6 Å². The molecule has 1 rings (SSSR count). The monoisotopic (exact) mass is 243 g/mol. The second-order valence-corrected chi connectivity index (χ2v) is 3.83. The Morgan fingerprint density at radius 2 is 2.24 bits per heavy atom. The van der Waals surface area contributed by atoms with Crippen molar-refractivity contribution in [1.82, 2.24) is 10.1 Å². The molecule has 1 aromatic rings. The molecule has 0 aliphatic heterocycles. The molecule has 0 aliphatic rings. The van der Waals surface area contributed by atoms with Gasteiger partial charge in [0.05, 0.1) is 6.04 Å². The van der Waals surface area contributed by atoms with Crippen LogP contribution < -0.4 is 5.73 Å². The van der Waals surface area contributed by atoms with Gasteiger partial charge in [0, 0.05) is 20.3 Å². The normalized spacial score (nSPS) is 14.8. The number of nitrogens with zero attached hydrogens (tertiary/aromatic N) is 2. The molecule has 0 saturated heterocycles. The van der Waals surface area contributed by atoms with Crippen molar-refractivity contribution in [2.75, 3.05) is 20.3 Å². The summed E-state index contributed by atoms with van der Waals surface area (Å²) in [6, 6.07) is -0.236. The van der Waals surface area contributed by atoms with Crippen molar-refractivity contribution in [3.05, 3.63) is 11.7 Å². The van der Waals surface area contributed by atoms with Gasteiger partial charge in [-0.1, -0.05) is 5.16 Å². The SMILES string of the molecule is CCOC(C)c1noc(C(N)CCCOC)n1. The highest BCUT2D eigenvalue weighted by atomic mass is 16.5. The highest BCUT2D eigenvalue weighted by Gasteiger charge is 2.18. The molecule has 6 nitrogen and oxygen atoms in total. The summed E-state index contributed by atoms with van der Waals surface area (Å²) in [6.07, 6.45) is 1.47. The van der Waals surface area contributed by atoms with Gasteiger partial charge in [0.25, 0.3) is 0 Å². The molecule has 2 unspecified atom stereocenters. The topological polar surface area (TPSA) is 83.4 Å². The van der Waals surface area contributed by atoms with Crippen LogP contribution in [0.4, 0.5) is 0 Å². The summed E-state index contributed by atoms with van der Waals surface area (Å²) in [4.78, 5) is 4.24. The summed E-state index contributed by atoms with van der Waals surface area (Å²) >= 11 is 0. The summed E-state index contributed by atoms with van der Waals surface area (Å²) in [5, 5.41) is 3.86.